The molecule has 0 radical (unpaired) electrons. The minimum atomic E-state index is -4.80. The number of benzene rings is 3. The number of nitrogens with zero attached hydrogens (tertiary/aromatic N) is 2. The summed E-state index contributed by atoms with van der Waals surface area (Å²) in [6.45, 7) is 1.48. The number of anilines is 2. The van der Waals surface area contributed by atoms with Gasteiger partial charge in [-0.25, -0.2) is 4.90 Å². The molecule has 0 saturated carbocycles. The Morgan fingerprint density at radius 3 is 2.33 bits per heavy atom. The van der Waals surface area contributed by atoms with Gasteiger partial charge in [0.25, 0.3) is 0 Å². The van der Waals surface area contributed by atoms with Crippen LogP contribution in [0.3, 0.4) is 0 Å². The SMILES string of the molecule is Cc1ccccc1NC(=O)Cn1c2c(sc1=O)[C@@H](c1ccc(Br)cc1)[C@@H]1C(=O)N(c3ccccc3C(F)(F)F)C(=O)[C@@H]1S2. The van der Waals surface area contributed by atoms with E-state index in [1.165, 1.54) is 16.7 Å². The largest absolute Gasteiger partial charge is 0.418 e. The highest BCUT2D eigenvalue weighted by Gasteiger charge is 2.57. The molecule has 3 amide bonds. The lowest BCUT2D eigenvalue weighted by Gasteiger charge is -2.30. The highest BCUT2D eigenvalue weighted by molar-refractivity contribution is 9.10. The molecule has 0 bridgehead atoms. The van der Waals surface area contributed by atoms with Crippen LogP contribution in [-0.2, 0) is 27.1 Å². The number of hydrogen-bond donors (Lipinski definition) is 1. The molecular weight excluding hydrogens is 667 g/mol. The van der Waals surface area contributed by atoms with E-state index in [2.05, 4.69) is 21.2 Å². The molecule has 2 aliphatic rings. The molecule has 0 spiro atoms. The van der Waals surface area contributed by atoms with Gasteiger partial charge in [-0.2, -0.15) is 13.2 Å². The van der Waals surface area contributed by atoms with Crippen molar-refractivity contribution in [3.8, 4) is 0 Å². The Morgan fingerprint density at radius 2 is 1.63 bits per heavy atom. The number of carbonyl (C=O) groups excluding carboxylic acids is 3. The van der Waals surface area contributed by atoms with Crippen molar-refractivity contribution in [2.75, 3.05) is 10.2 Å². The number of rotatable bonds is 5. The van der Waals surface area contributed by atoms with Crippen LogP contribution in [0.4, 0.5) is 24.5 Å². The summed E-state index contributed by atoms with van der Waals surface area (Å²) in [4.78, 5) is 54.8. The minimum absolute atomic E-state index is 0.344. The van der Waals surface area contributed by atoms with E-state index in [0.29, 0.717) is 26.1 Å². The van der Waals surface area contributed by atoms with Crippen LogP contribution in [0, 0.1) is 12.8 Å². The lowest BCUT2D eigenvalue weighted by Crippen LogP contribution is -2.33. The number of aryl methyl sites for hydroxylation is 1. The summed E-state index contributed by atoms with van der Waals surface area (Å²) >= 11 is 5.19. The first kappa shape index (κ1) is 29.4. The van der Waals surface area contributed by atoms with E-state index in [9.17, 15) is 32.3 Å². The van der Waals surface area contributed by atoms with Gasteiger partial charge in [0, 0.05) is 21.0 Å². The van der Waals surface area contributed by atoms with E-state index in [4.69, 9.17) is 0 Å². The van der Waals surface area contributed by atoms with E-state index < -0.39 is 57.1 Å². The molecule has 1 saturated heterocycles. The van der Waals surface area contributed by atoms with Crippen molar-refractivity contribution >= 4 is 68.1 Å². The van der Waals surface area contributed by atoms with E-state index in [0.717, 1.165) is 45.3 Å². The van der Waals surface area contributed by atoms with Gasteiger partial charge in [0.1, 0.15) is 11.8 Å². The van der Waals surface area contributed by atoms with Gasteiger partial charge in [-0.05, 0) is 48.4 Å². The lowest BCUT2D eigenvalue weighted by atomic mass is 9.83. The molecule has 3 atom stereocenters. The van der Waals surface area contributed by atoms with Crippen LogP contribution in [0.25, 0.3) is 0 Å². The molecule has 7 nitrogen and oxygen atoms in total. The number of nitrogens with one attached hydrogen (secondary N) is 1. The Balaban J connectivity index is 1.44. The van der Waals surface area contributed by atoms with E-state index in [1.54, 1.807) is 36.4 Å². The predicted molar refractivity (Wildman–Crippen MR) is 161 cm³/mol. The Kier molecular flexibility index (Phi) is 7.59. The van der Waals surface area contributed by atoms with Gasteiger partial charge in [0.2, 0.25) is 17.7 Å². The number of thioether (sulfide) groups is 1. The standard InChI is InChI=1S/C30H21BrF3N3O4S2/c1-15-6-2-4-8-19(15)35-21(38)14-36-28-25(43-29(36)41)22(16-10-12-17(31)13-11-16)23-24(42-28)27(40)37(26(23)39)20-9-5-3-7-18(20)30(32,33)34/h2-13,22-24H,14H2,1H3,(H,35,38)/t22-,23-,24+/m0/s1. The zero-order valence-electron chi connectivity index (χ0n) is 22.2. The Bertz CT molecular complexity index is 1840. The van der Waals surface area contributed by atoms with Crippen molar-refractivity contribution < 1.29 is 27.6 Å². The molecule has 0 unspecified atom stereocenters. The van der Waals surface area contributed by atoms with Crippen LogP contribution >= 0.6 is 39.0 Å². The van der Waals surface area contributed by atoms with Gasteiger partial charge in [-0.1, -0.05) is 81.5 Å². The van der Waals surface area contributed by atoms with Crippen molar-refractivity contribution in [3.63, 3.8) is 0 Å². The van der Waals surface area contributed by atoms with Crippen molar-refractivity contribution in [2.24, 2.45) is 5.92 Å². The van der Waals surface area contributed by atoms with Crippen molar-refractivity contribution in [2.45, 2.75) is 35.8 Å². The van der Waals surface area contributed by atoms with Crippen LogP contribution in [0.1, 0.15) is 27.5 Å². The molecule has 3 aromatic carbocycles. The highest BCUT2D eigenvalue weighted by atomic mass is 79.9. The number of para-hydroxylation sites is 2. The number of hydrogen-bond acceptors (Lipinski definition) is 6. The maximum Gasteiger partial charge on any atom is 0.418 e. The molecular formula is C30H21BrF3N3O4S2. The summed E-state index contributed by atoms with van der Waals surface area (Å²) in [6, 6.07) is 18.6. The summed E-state index contributed by atoms with van der Waals surface area (Å²) < 4.78 is 43.8. The summed E-state index contributed by atoms with van der Waals surface area (Å²) in [6.07, 6.45) is -4.80. The van der Waals surface area contributed by atoms with Gasteiger partial charge < -0.3 is 5.32 Å². The number of imide groups is 1. The molecule has 13 heteroatoms. The second kappa shape index (κ2) is 11.1. The van der Waals surface area contributed by atoms with E-state index >= 15 is 0 Å². The minimum Gasteiger partial charge on any atom is -0.324 e. The number of carbonyl (C=O) groups is 3. The fourth-order valence-electron chi connectivity index (χ4n) is 5.48. The molecule has 2 aliphatic heterocycles. The average molecular weight is 689 g/mol. The van der Waals surface area contributed by atoms with E-state index in [1.807, 2.05) is 19.1 Å². The highest BCUT2D eigenvalue weighted by Crippen LogP contribution is 2.54. The van der Waals surface area contributed by atoms with Crippen LogP contribution in [0.5, 0.6) is 0 Å². The molecule has 220 valence electrons. The summed E-state index contributed by atoms with van der Waals surface area (Å²) in [5.41, 5.74) is 0.399. The molecule has 1 aromatic heterocycles. The summed E-state index contributed by atoms with van der Waals surface area (Å²) in [7, 11) is 0. The third-order valence-corrected chi connectivity index (χ3v) is 10.6. The van der Waals surface area contributed by atoms with Gasteiger partial charge in [0.05, 0.1) is 22.2 Å². The lowest BCUT2D eigenvalue weighted by molar-refractivity contribution is -0.137. The number of aromatic nitrogens is 1. The normalized spacial score (nSPS) is 19.7. The molecule has 4 aromatic rings. The Morgan fingerprint density at radius 1 is 0.953 bits per heavy atom. The first-order valence-electron chi connectivity index (χ1n) is 13.0. The monoisotopic (exact) mass is 687 g/mol. The van der Waals surface area contributed by atoms with Gasteiger partial charge in [-0.3, -0.25) is 23.7 Å². The number of thiazole rings is 1. The third-order valence-electron chi connectivity index (χ3n) is 7.45. The topological polar surface area (TPSA) is 88.5 Å². The Hall–Kier alpha value is -3.68. The van der Waals surface area contributed by atoms with Crippen molar-refractivity contribution in [3.05, 3.63) is 109 Å². The first-order valence-corrected chi connectivity index (χ1v) is 15.5. The molecule has 43 heavy (non-hydrogen) atoms. The number of alkyl halides is 3. The first-order chi connectivity index (χ1) is 20.5. The second-order valence-corrected chi connectivity index (χ2v) is 13.1. The predicted octanol–water partition coefficient (Wildman–Crippen LogP) is 6.43. The number of fused-ring (bicyclic) bond motifs is 2. The molecule has 6 rings (SSSR count). The Labute approximate surface area is 259 Å². The van der Waals surface area contributed by atoms with Gasteiger partial charge >= 0.3 is 11.0 Å². The van der Waals surface area contributed by atoms with Crippen molar-refractivity contribution in [1.82, 2.24) is 4.57 Å². The molecule has 3 heterocycles. The van der Waals surface area contributed by atoms with Crippen LogP contribution in [0.2, 0.25) is 0 Å². The zero-order valence-corrected chi connectivity index (χ0v) is 25.4. The third kappa shape index (κ3) is 5.23. The average Bonchev–Trinajstić information content (AvgIpc) is 3.40. The summed E-state index contributed by atoms with van der Waals surface area (Å²) in [5.74, 6) is -3.91. The van der Waals surface area contributed by atoms with Gasteiger partial charge in [-0.15, -0.1) is 0 Å². The number of halogens is 4. The quantitative estimate of drug-likeness (QED) is 0.244. The smallest absolute Gasteiger partial charge is 0.324 e. The van der Waals surface area contributed by atoms with Crippen LogP contribution < -0.4 is 15.1 Å². The van der Waals surface area contributed by atoms with Crippen LogP contribution in [-0.4, -0.2) is 27.5 Å². The number of amides is 3. The van der Waals surface area contributed by atoms with E-state index in [-0.39, 0.29) is 6.54 Å². The molecule has 0 aliphatic carbocycles. The second-order valence-electron chi connectivity index (χ2n) is 10.1. The maximum atomic E-state index is 14.0. The fraction of sp³-hybridized carbons (Fsp3) is 0.200. The van der Waals surface area contributed by atoms with Crippen molar-refractivity contribution in [1.29, 1.82) is 0 Å². The fourth-order valence-corrected chi connectivity index (χ4v) is 8.51. The summed E-state index contributed by atoms with van der Waals surface area (Å²) in [5, 5.41) is 2.03. The zero-order chi connectivity index (χ0) is 30.6. The molecule has 1 fully saturated rings. The molecule has 1 N–H and O–H groups in total. The van der Waals surface area contributed by atoms with Gasteiger partial charge in [0.15, 0.2) is 0 Å². The maximum absolute atomic E-state index is 14.0. The van der Waals surface area contributed by atoms with Crippen LogP contribution in [0.15, 0.2) is 87.1 Å².